The van der Waals surface area contributed by atoms with Crippen molar-refractivity contribution < 1.29 is 9.94 Å². The van der Waals surface area contributed by atoms with Crippen molar-refractivity contribution in [1.82, 2.24) is 4.73 Å². The zero-order valence-corrected chi connectivity index (χ0v) is 9.90. The van der Waals surface area contributed by atoms with Gasteiger partial charge in [-0.2, -0.15) is 4.73 Å². The Labute approximate surface area is 95.2 Å². The van der Waals surface area contributed by atoms with E-state index < -0.39 is 0 Å². The molecule has 0 spiro atoms. The monoisotopic (exact) mass is 219 g/mol. The van der Waals surface area contributed by atoms with Gasteiger partial charge in [0.1, 0.15) is 5.60 Å². The van der Waals surface area contributed by atoms with Gasteiger partial charge in [-0.25, -0.2) is 0 Å². The maximum atomic E-state index is 9.28. The summed E-state index contributed by atoms with van der Waals surface area (Å²) in [5, 5.41) is 10.3. The predicted octanol–water partition coefficient (Wildman–Crippen LogP) is 2.36. The van der Waals surface area contributed by atoms with E-state index >= 15 is 0 Å². The van der Waals surface area contributed by atoms with E-state index in [1.807, 2.05) is 51.2 Å². The summed E-state index contributed by atoms with van der Waals surface area (Å²) in [6.07, 6.45) is 1.84. The number of aliphatic hydroxyl groups excluding tert-OH is 1. The molecule has 2 rings (SSSR count). The number of para-hydroxylation sites is 1. The lowest BCUT2D eigenvalue weighted by Crippen LogP contribution is -2.30. The number of benzene rings is 1. The van der Waals surface area contributed by atoms with E-state index in [2.05, 4.69) is 0 Å². The number of hydrogen-bond donors (Lipinski definition) is 1. The maximum Gasteiger partial charge on any atom is 0.127 e. The highest BCUT2D eigenvalue weighted by Crippen LogP contribution is 2.21. The fraction of sp³-hybridized carbons (Fsp3) is 0.385. The molecule has 0 saturated heterocycles. The molecule has 0 bridgehead atoms. The Hall–Kier alpha value is -1.48. The van der Waals surface area contributed by atoms with Crippen LogP contribution in [0.2, 0.25) is 0 Å². The molecule has 1 aromatic heterocycles. The summed E-state index contributed by atoms with van der Waals surface area (Å²) in [5.41, 5.74) is 1.62. The highest BCUT2D eigenvalue weighted by Gasteiger charge is 2.15. The molecule has 0 radical (unpaired) electrons. The van der Waals surface area contributed by atoms with E-state index in [4.69, 9.17) is 4.84 Å². The number of fused-ring (bicyclic) bond motifs is 1. The normalized spacial score (nSPS) is 12.0. The van der Waals surface area contributed by atoms with Crippen molar-refractivity contribution in [3.63, 3.8) is 0 Å². The van der Waals surface area contributed by atoms with E-state index in [1.54, 1.807) is 4.73 Å². The van der Waals surface area contributed by atoms with Crippen molar-refractivity contribution in [3.8, 4) is 0 Å². The van der Waals surface area contributed by atoms with Crippen LogP contribution in [0.25, 0.3) is 10.9 Å². The average Bonchev–Trinajstić information content (AvgIpc) is 2.55. The minimum absolute atomic E-state index is 0.0288. The van der Waals surface area contributed by atoms with Gasteiger partial charge in [-0.3, -0.25) is 0 Å². The summed E-state index contributed by atoms with van der Waals surface area (Å²) in [7, 11) is 0. The van der Waals surface area contributed by atoms with Crippen LogP contribution >= 0.6 is 0 Å². The van der Waals surface area contributed by atoms with Gasteiger partial charge in [0.15, 0.2) is 0 Å². The first kappa shape index (κ1) is 11.0. The molecule has 0 aliphatic carbocycles. The van der Waals surface area contributed by atoms with Crippen molar-refractivity contribution in [3.05, 3.63) is 36.0 Å². The number of aliphatic hydroxyl groups is 1. The van der Waals surface area contributed by atoms with Crippen molar-refractivity contribution in [2.24, 2.45) is 0 Å². The van der Waals surface area contributed by atoms with Crippen molar-refractivity contribution in [2.75, 3.05) is 0 Å². The first-order valence-corrected chi connectivity index (χ1v) is 5.40. The summed E-state index contributed by atoms with van der Waals surface area (Å²) in [6.45, 7) is 6.03. The average molecular weight is 219 g/mol. The van der Waals surface area contributed by atoms with Gasteiger partial charge in [-0.1, -0.05) is 18.2 Å². The summed E-state index contributed by atoms with van der Waals surface area (Å²) in [6, 6.07) is 7.90. The number of rotatable bonds is 2. The highest BCUT2D eigenvalue weighted by molar-refractivity contribution is 5.83. The fourth-order valence-corrected chi connectivity index (χ4v) is 1.71. The maximum absolute atomic E-state index is 9.28. The molecule has 0 saturated carbocycles. The summed E-state index contributed by atoms with van der Waals surface area (Å²) in [4.78, 5) is 5.80. The third-order valence-corrected chi connectivity index (χ3v) is 2.30. The quantitative estimate of drug-likeness (QED) is 0.841. The molecular weight excluding hydrogens is 202 g/mol. The van der Waals surface area contributed by atoms with Gasteiger partial charge in [-0.15, -0.1) is 0 Å². The molecule has 0 atom stereocenters. The number of nitrogens with zero attached hydrogens (tertiary/aromatic N) is 1. The molecule has 1 aromatic carbocycles. The first-order valence-electron chi connectivity index (χ1n) is 5.40. The minimum atomic E-state index is -0.255. The van der Waals surface area contributed by atoms with Crippen LogP contribution in [0.4, 0.5) is 0 Å². The van der Waals surface area contributed by atoms with E-state index in [1.165, 1.54) is 0 Å². The molecule has 3 heteroatoms. The molecule has 1 N–H and O–H groups in total. The molecule has 86 valence electrons. The topological polar surface area (TPSA) is 34.4 Å². The van der Waals surface area contributed by atoms with Gasteiger partial charge in [0.25, 0.3) is 0 Å². The smallest absolute Gasteiger partial charge is 0.127 e. The van der Waals surface area contributed by atoms with E-state index in [0.29, 0.717) is 0 Å². The standard InChI is InChI=1S/C13H17NO2/c1-13(2,3)16-14-8-10(9-15)11-6-4-5-7-12(11)14/h4-8,15H,9H2,1-3H3. The van der Waals surface area contributed by atoms with Gasteiger partial charge in [0, 0.05) is 10.9 Å². The zero-order chi connectivity index (χ0) is 11.8. The Morgan fingerprint density at radius 3 is 2.56 bits per heavy atom. The van der Waals surface area contributed by atoms with Crippen LogP contribution in [0.1, 0.15) is 26.3 Å². The van der Waals surface area contributed by atoms with Crippen molar-refractivity contribution >= 4 is 10.9 Å². The third kappa shape index (κ3) is 2.04. The van der Waals surface area contributed by atoms with Gasteiger partial charge >= 0.3 is 0 Å². The lowest BCUT2D eigenvalue weighted by molar-refractivity contribution is -0.00850. The molecule has 0 amide bonds. The van der Waals surface area contributed by atoms with E-state index in [-0.39, 0.29) is 12.2 Å². The Morgan fingerprint density at radius 2 is 1.94 bits per heavy atom. The third-order valence-electron chi connectivity index (χ3n) is 2.30. The highest BCUT2D eigenvalue weighted by atomic mass is 16.7. The molecule has 16 heavy (non-hydrogen) atoms. The molecule has 1 heterocycles. The van der Waals surface area contributed by atoms with Crippen LogP contribution < -0.4 is 4.84 Å². The van der Waals surface area contributed by atoms with Gasteiger partial charge in [-0.05, 0) is 26.8 Å². The largest absolute Gasteiger partial charge is 0.408 e. The lowest BCUT2D eigenvalue weighted by Gasteiger charge is -2.21. The Bertz CT molecular complexity index is 494. The molecule has 0 unspecified atom stereocenters. The predicted molar refractivity (Wildman–Crippen MR) is 64.2 cm³/mol. The second-order valence-corrected chi connectivity index (χ2v) is 4.86. The summed E-state index contributed by atoms with van der Waals surface area (Å²) in [5.74, 6) is 0. The molecule has 0 fully saturated rings. The second kappa shape index (κ2) is 3.83. The Morgan fingerprint density at radius 1 is 1.25 bits per heavy atom. The minimum Gasteiger partial charge on any atom is -0.408 e. The molecule has 2 aromatic rings. The van der Waals surface area contributed by atoms with Crippen molar-refractivity contribution in [1.29, 1.82) is 0 Å². The second-order valence-electron chi connectivity index (χ2n) is 4.86. The van der Waals surface area contributed by atoms with Crippen LogP contribution in [0, 0.1) is 0 Å². The number of hydrogen-bond acceptors (Lipinski definition) is 2. The fourth-order valence-electron chi connectivity index (χ4n) is 1.71. The number of aromatic nitrogens is 1. The van der Waals surface area contributed by atoms with E-state index in [9.17, 15) is 5.11 Å². The first-order chi connectivity index (χ1) is 7.51. The molecule has 3 nitrogen and oxygen atoms in total. The Kier molecular flexibility index (Phi) is 2.64. The van der Waals surface area contributed by atoms with Crippen LogP contribution in [0.5, 0.6) is 0 Å². The van der Waals surface area contributed by atoms with Crippen LogP contribution in [0.15, 0.2) is 30.5 Å². The molecule has 0 aliphatic rings. The van der Waals surface area contributed by atoms with Gasteiger partial charge in [0.2, 0.25) is 0 Å². The zero-order valence-electron chi connectivity index (χ0n) is 9.90. The van der Waals surface area contributed by atoms with Gasteiger partial charge < -0.3 is 9.94 Å². The van der Waals surface area contributed by atoms with Crippen LogP contribution in [-0.2, 0) is 6.61 Å². The Balaban J connectivity index is 2.53. The van der Waals surface area contributed by atoms with Gasteiger partial charge in [0.05, 0.1) is 18.3 Å². The lowest BCUT2D eigenvalue weighted by atomic mass is 10.2. The summed E-state index contributed by atoms with van der Waals surface area (Å²) < 4.78 is 1.74. The SMILES string of the molecule is CC(C)(C)On1cc(CO)c2ccccc21. The van der Waals surface area contributed by atoms with Crippen molar-refractivity contribution in [2.45, 2.75) is 33.0 Å². The molecular formula is C13H17NO2. The van der Waals surface area contributed by atoms with Crippen LogP contribution in [-0.4, -0.2) is 15.4 Å². The van der Waals surface area contributed by atoms with E-state index in [0.717, 1.165) is 16.5 Å². The van der Waals surface area contributed by atoms with Crippen LogP contribution in [0.3, 0.4) is 0 Å². The molecule has 0 aliphatic heterocycles. The summed E-state index contributed by atoms with van der Waals surface area (Å²) >= 11 is 0.